The molecular formula is C16H21Br2F. The molecule has 3 atom stereocenters. The van der Waals surface area contributed by atoms with Crippen molar-refractivity contribution in [3.8, 4) is 0 Å². The molecule has 0 aromatic heterocycles. The van der Waals surface area contributed by atoms with Crippen LogP contribution in [0.25, 0.3) is 0 Å². The van der Waals surface area contributed by atoms with E-state index in [2.05, 4.69) is 38.8 Å². The highest BCUT2D eigenvalue weighted by Gasteiger charge is 2.28. The van der Waals surface area contributed by atoms with Gasteiger partial charge in [0.2, 0.25) is 0 Å². The van der Waals surface area contributed by atoms with Gasteiger partial charge in [-0.3, -0.25) is 0 Å². The number of alkyl halides is 1. The van der Waals surface area contributed by atoms with Gasteiger partial charge < -0.3 is 0 Å². The normalized spacial score (nSPS) is 27.5. The van der Waals surface area contributed by atoms with Gasteiger partial charge in [0.05, 0.1) is 4.47 Å². The van der Waals surface area contributed by atoms with E-state index in [4.69, 9.17) is 0 Å². The molecule has 106 valence electrons. The Hall–Kier alpha value is 0.110. The number of hydrogen-bond donors (Lipinski definition) is 0. The van der Waals surface area contributed by atoms with Crippen LogP contribution in [0.3, 0.4) is 0 Å². The number of hydrogen-bond acceptors (Lipinski definition) is 0. The molecule has 0 spiro atoms. The predicted octanol–water partition coefficient (Wildman–Crippen LogP) is 6.11. The van der Waals surface area contributed by atoms with Gasteiger partial charge in [0.25, 0.3) is 0 Å². The molecule has 3 unspecified atom stereocenters. The molecule has 1 aromatic carbocycles. The summed E-state index contributed by atoms with van der Waals surface area (Å²) in [5.74, 6) is 1.39. The Morgan fingerprint density at radius 1 is 1.32 bits per heavy atom. The topological polar surface area (TPSA) is 0 Å². The molecule has 1 fully saturated rings. The zero-order valence-corrected chi connectivity index (χ0v) is 14.5. The highest BCUT2D eigenvalue weighted by Crippen LogP contribution is 2.38. The second-order valence-corrected chi connectivity index (χ2v) is 7.73. The van der Waals surface area contributed by atoms with Crippen LogP contribution in [0, 0.1) is 17.7 Å². The lowest BCUT2D eigenvalue weighted by Crippen LogP contribution is -2.26. The van der Waals surface area contributed by atoms with Crippen molar-refractivity contribution >= 4 is 31.9 Å². The van der Waals surface area contributed by atoms with Crippen LogP contribution in [0.2, 0.25) is 0 Å². The van der Waals surface area contributed by atoms with Gasteiger partial charge in [0, 0.05) is 4.83 Å². The third kappa shape index (κ3) is 4.29. The summed E-state index contributed by atoms with van der Waals surface area (Å²) >= 11 is 7.11. The molecule has 19 heavy (non-hydrogen) atoms. The lowest BCUT2D eigenvalue weighted by molar-refractivity contribution is 0.263. The average molecular weight is 392 g/mol. The summed E-state index contributed by atoms with van der Waals surface area (Å²) in [6, 6.07) is 5.41. The Labute approximate surface area is 132 Å². The second-order valence-electron chi connectivity index (χ2n) is 5.70. The minimum Gasteiger partial charge on any atom is -0.206 e. The summed E-state index contributed by atoms with van der Waals surface area (Å²) < 4.78 is 13.8. The van der Waals surface area contributed by atoms with E-state index in [0.29, 0.717) is 15.2 Å². The fraction of sp³-hybridized carbons (Fsp3) is 0.625. The molecule has 3 heteroatoms. The predicted molar refractivity (Wildman–Crippen MR) is 86.3 cm³/mol. The van der Waals surface area contributed by atoms with Crippen LogP contribution in [0.5, 0.6) is 0 Å². The average Bonchev–Trinajstić information content (AvgIpc) is 2.38. The quantitative estimate of drug-likeness (QED) is 0.543. The monoisotopic (exact) mass is 390 g/mol. The highest BCUT2D eigenvalue weighted by molar-refractivity contribution is 9.10. The minimum absolute atomic E-state index is 0.174. The van der Waals surface area contributed by atoms with Crippen LogP contribution >= 0.6 is 31.9 Å². The summed E-state index contributed by atoms with van der Waals surface area (Å²) in [6.07, 6.45) is 7.62. The van der Waals surface area contributed by atoms with Crippen LogP contribution in [-0.4, -0.2) is 4.83 Å². The van der Waals surface area contributed by atoms with Crippen molar-refractivity contribution in [1.82, 2.24) is 0 Å². The molecule has 0 saturated heterocycles. The van der Waals surface area contributed by atoms with Crippen molar-refractivity contribution in [3.05, 3.63) is 34.1 Å². The van der Waals surface area contributed by atoms with Gasteiger partial charge in [-0.05, 0) is 71.1 Å². The maximum absolute atomic E-state index is 13.3. The standard InChI is InChI=1S/C16H21Br2F/c1-2-3-11-4-6-14(17)13(8-11)9-12-5-7-16(19)15(18)10-12/h5,7,10-11,13-14H,2-4,6,8-9H2,1H3. The Kier molecular flexibility index (Phi) is 5.88. The van der Waals surface area contributed by atoms with E-state index in [1.807, 2.05) is 12.1 Å². The molecule has 0 heterocycles. The molecular weight excluding hydrogens is 371 g/mol. The highest BCUT2D eigenvalue weighted by atomic mass is 79.9. The van der Waals surface area contributed by atoms with Gasteiger partial charge in [-0.25, -0.2) is 4.39 Å². The lowest BCUT2D eigenvalue weighted by Gasteiger charge is -2.33. The molecule has 0 N–H and O–H groups in total. The maximum Gasteiger partial charge on any atom is 0.137 e. The van der Waals surface area contributed by atoms with E-state index in [-0.39, 0.29) is 5.82 Å². The summed E-state index contributed by atoms with van der Waals surface area (Å²) in [5, 5.41) is 0. The van der Waals surface area contributed by atoms with Crippen molar-refractivity contribution in [2.75, 3.05) is 0 Å². The molecule has 1 aliphatic carbocycles. The van der Waals surface area contributed by atoms with E-state index in [1.165, 1.54) is 37.7 Å². The third-order valence-corrected chi connectivity index (χ3v) is 5.99. The second kappa shape index (κ2) is 7.21. The zero-order valence-electron chi connectivity index (χ0n) is 11.3. The van der Waals surface area contributed by atoms with Gasteiger partial charge in [-0.1, -0.05) is 41.8 Å². The molecule has 2 rings (SSSR count). The van der Waals surface area contributed by atoms with E-state index in [0.717, 1.165) is 12.3 Å². The first-order valence-electron chi connectivity index (χ1n) is 7.18. The molecule has 0 amide bonds. The van der Waals surface area contributed by atoms with Crippen LogP contribution in [0.1, 0.15) is 44.6 Å². The van der Waals surface area contributed by atoms with E-state index >= 15 is 0 Å². The first kappa shape index (κ1) is 15.5. The summed E-state index contributed by atoms with van der Waals surface area (Å²) in [4.78, 5) is 0.615. The van der Waals surface area contributed by atoms with Crippen LogP contribution in [0.4, 0.5) is 4.39 Å². The van der Waals surface area contributed by atoms with Crippen LogP contribution in [0.15, 0.2) is 22.7 Å². The van der Waals surface area contributed by atoms with Crippen LogP contribution in [-0.2, 0) is 6.42 Å². The zero-order chi connectivity index (χ0) is 13.8. The first-order valence-corrected chi connectivity index (χ1v) is 8.89. The van der Waals surface area contributed by atoms with E-state index in [9.17, 15) is 4.39 Å². The van der Waals surface area contributed by atoms with Crippen molar-refractivity contribution in [1.29, 1.82) is 0 Å². The number of halogens is 3. The Balaban J connectivity index is 2.01. The Bertz CT molecular complexity index is 419. The molecule has 0 aliphatic heterocycles. The molecule has 1 saturated carbocycles. The Morgan fingerprint density at radius 2 is 2.11 bits per heavy atom. The van der Waals surface area contributed by atoms with Crippen LogP contribution < -0.4 is 0 Å². The van der Waals surface area contributed by atoms with Crippen molar-refractivity contribution < 1.29 is 4.39 Å². The van der Waals surface area contributed by atoms with Gasteiger partial charge >= 0.3 is 0 Å². The smallest absolute Gasteiger partial charge is 0.137 e. The van der Waals surface area contributed by atoms with E-state index in [1.54, 1.807) is 6.07 Å². The Morgan fingerprint density at radius 3 is 2.79 bits per heavy atom. The lowest BCUT2D eigenvalue weighted by atomic mass is 9.77. The first-order chi connectivity index (χ1) is 9.10. The molecule has 0 radical (unpaired) electrons. The van der Waals surface area contributed by atoms with Crippen molar-refractivity contribution in [2.24, 2.45) is 11.8 Å². The largest absolute Gasteiger partial charge is 0.206 e. The fourth-order valence-electron chi connectivity index (χ4n) is 3.18. The van der Waals surface area contributed by atoms with Gasteiger partial charge in [0.1, 0.15) is 5.82 Å². The maximum atomic E-state index is 13.3. The summed E-state index contributed by atoms with van der Waals surface area (Å²) in [5.41, 5.74) is 1.24. The van der Waals surface area contributed by atoms with Crippen molar-refractivity contribution in [3.63, 3.8) is 0 Å². The fourth-order valence-corrected chi connectivity index (χ4v) is 4.27. The third-order valence-electron chi connectivity index (χ3n) is 4.18. The number of benzene rings is 1. The van der Waals surface area contributed by atoms with Gasteiger partial charge in [-0.2, -0.15) is 0 Å². The molecule has 1 aromatic rings. The SMILES string of the molecule is CCCC1CCC(Br)C(Cc2ccc(F)c(Br)c2)C1. The van der Waals surface area contributed by atoms with E-state index < -0.39 is 0 Å². The molecule has 0 nitrogen and oxygen atoms in total. The molecule has 1 aliphatic rings. The van der Waals surface area contributed by atoms with Gasteiger partial charge in [0.15, 0.2) is 0 Å². The minimum atomic E-state index is -0.174. The number of rotatable bonds is 4. The summed E-state index contributed by atoms with van der Waals surface area (Å²) in [7, 11) is 0. The molecule has 0 bridgehead atoms. The van der Waals surface area contributed by atoms with Crippen molar-refractivity contribution in [2.45, 2.75) is 50.3 Å². The summed E-state index contributed by atoms with van der Waals surface area (Å²) in [6.45, 7) is 2.27. The van der Waals surface area contributed by atoms with Gasteiger partial charge in [-0.15, -0.1) is 0 Å².